The highest BCUT2D eigenvalue weighted by atomic mass is 31.0. The van der Waals surface area contributed by atoms with Crippen molar-refractivity contribution in [3.63, 3.8) is 0 Å². The number of nitrogens with zero attached hydrogens (tertiary/aromatic N) is 1. The molecule has 0 amide bonds. The molecule has 2 atom stereocenters. The molecule has 0 bridgehead atoms. The number of ketones is 1. The summed E-state index contributed by atoms with van der Waals surface area (Å²) in [6.07, 6.45) is 4.65. The van der Waals surface area contributed by atoms with Crippen LogP contribution in [0.3, 0.4) is 0 Å². The van der Waals surface area contributed by atoms with Crippen molar-refractivity contribution in [2.45, 2.75) is 70.6 Å². The van der Waals surface area contributed by atoms with E-state index in [2.05, 4.69) is 25.1 Å². The molecule has 0 radical (unpaired) electrons. The van der Waals surface area contributed by atoms with E-state index in [0.29, 0.717) is 31.4 Å². The quantitative estimate of drug-likeness (QED) is 0.297. The maximum atomic E-state index is 12.7. The molecule has 7 heteroatoms. The SMILES string of the molecule is CC(C)Oc1ccc(C(=O)CCCC(=P)N[C@H](CN2CCCC2)[C@H](O)c2ccc3c(c2)OCC3)cc1. The lowest BCUT2D eigenvalue weighted by molar-refractivity contribution is 0.0980. The van der Waals surface area contributed by atoms with Gasteiger partial charge >= 0.3 is 0 Å². The third-order valence-corrected chi connectivity index (χ3v) is 7.23. The minimum Gasteiger partial charge on any atom is -0.493 e. The highest BCUT2D eigenvalue weighted by Crippen LogP contribution is 2.30. The van der Waals surface area contributed by atoms with Crippen molar-refractivity contribution in [1.82, 2.24) is 10.2 Å². The van der Waals surface area contributed by atoms with E-state index in [9.17, 15) is 9.90 Å². The van der Waals surface area contributed by atoms with Crippen LogP contribution in [0.1, 0.15) is 73.5 Å². The fraction of sp³-hybridized carbons (Fsp3) is 0.517. The average Bonchev–Trinajstić information content (AvgIpc) is 3.54. The van der Waals surface area contributed by atoms with Crippen LogP contribution in [0.15, 0.2) is 42.5 Å². The van der Waals surface area contributed by atoms with E-state index in [-0.39, 0.29) is 17.9 Å². The molecule has 36 heavy (non-hydrogen) atoms. The summed E-state index contributed by atoms with van der Waals surface area (Å²) < 4.78 is 11.4. The largest absolute Gasteiger partial charge is 0.493 e. The van der Waals surface area contributed by atoms with Crippen LogP contribution in [0.25, 0.3) is 0 Å². The summed E-state index contributed by atoms with van der Waals surface area (Å²) >= 11 is 0. The van der Waals surface area contributed by atoms with Crippen LogP contribution in [-0.4, -0.2) is 59.6 Å². The molecule has 0 saturated carbocycles. The minimum atomic E-state index is -0.667. The second-order valence-electron chi connectivity index (χ2n) is 10.1. The second-order valence-corrected chi connectivity index (χ2v) is 10.7. The summed E-state index contributed by atoms with van der Waals surface area (Å²) in [5.41, 5.74) is 3.68. The molecule has 2 aromatic rings. The first-order chi connectivity index (χ1) is 17.4. The molecule has 6 nitrogen and oxygen atoms in total. The summed E-state index contributed by atoms with van der Waals surface area (Å²) in [5, 5.41) is 14.8. The van der Waals surface area contributed by atoms with Gasteiger partial charge in [0.2, 0.25) is 0 Å². The Labute approximate surface area is 217 Å². The summed E-state index contributed by atoms with van der Waals surface area (Å²) in [5.74, 6) is 1.78. The first kappa shape index (κ1) is 26.8. The zero-order valence-electron chi connectivity index (χ0n) is 21.5. The van der Waals surface area contributed by atoms with Gasteiger partial charge in [-0.25, -0.2) is 0 Å². The van der Waals surface area contributed by atoms with Crippen LogP contribution < -0.4 is 14.8 Å². The number of hydrogen-bond acceptors (Lipinski definition) is 5. The van der Waals surface area contributed by atoms with Crippen molar-refractivity contribution >= 4 is 20.1 Å². The summed E-state index contributed by atoms with van der Waals surface area (Å²) in [6.45, 7) is 7.55. The molecule has 0 aliphatic carbocycles. The Bertz CT molecular complexity index is 1030. The van der Waals surface area contributed by atoms with Gasteiger partial charge in [-0.05, 0) is 94.1 Å². The van der Waals surface area contributed by atoms with Crippen LogP contribution in [0, 0.1) is 0 Å². The molecule has 2 heterocycles. The van der Waals surface area contributed by atoms with Gasteiger partial charge in [0.25, 0.3) is 0 Å². The average molecular weight is 511 g/mol. The number of rotatable bonds is 13. The first-order valence-corrected chi connectivity index (χ1v) is 13.7. The highest BCUT2D eigenvalue weighted by molar-refractivity contribution is 7.20. The Balaban J connectivity index is 1.31. The smallest absolute Gasteiger partial charge is 0.162 e. The lowest BCUT2D eigenvalue weighted by atomic mass is 9.99. The molecule has 2 aromatic carbocycles. The van der Waals surface area contributed by atoms with Gasteiger partial charge in [-0.15, -0.1) is 8.86 Å². The van der Waals surface area contributed by atoms with Gasteiger partial charge < -0.3 is 19.5 Å². The number of benzene rings is 2. The van der Waals surface area contributed by atoms with E-state index in [1.165, 1.54) is 18.4 Å². The number of ether oxygens (including phenoxy) is 2. The fourth-order valence-electron chi connectivity index (χ4n) is 4.92. The lowest BCUT2D eigenvalue weighted by Crippen LogP contribution is -2.46. The van der Waals surface area contributed by atoms with Gasteiger partial charge in [0.15, 0.2) is 5.78 Å². The van der Waals surface area contributed by atoms with E-state index in [4.69, 9.17) is 9.47 Å². The molecular formula is C29H39N2O4P. The zero-order valence-corrected chi connectivity index (χ0v) is 22.5. The van der Waals surface area contributed by atoms with Crippen LogP contribution in [0.2, 0.25) is 0 Å². The van der Waals surface area contributed by atoms with E-state index in [1.807, 2.05) is 50.2 Å². The number of hydrogen-bond donors (Lipinski definition) is 2. The molecule has 0 aromatic heterocycles. The minimum absolute atomic E-state index is 0.107. The molecule has 2 N–H and O–H groups in total. The fourth-order valence-corrected chi connectivity index (χ4v) is 5.29. The Morgan fingerprint density at radius 1 is 1.14 bits per heavy atom. The maximum Gasteiger partial charge on any atom is 0.162 e. The Kier molecular flexibility index (Phi) is 9.55. The zero-order chi connectivity index (χ0) is 25.5. The Morgan fingerprint density at radius 2 is 1.89 bits per heavy atom. The van der Waals surface area contributed by atoms with Gasteiger partial charge in [0, 0.05) is 30.4 Å². The van der Waals surface area contributed by atoms with E-state index < -0.39 is 6.10 Å². The van der Waals surface area contributed by atoms with Crippen molar-refractivity contribution in [3.05, 3.63) is 59.2 Å². The maximum absolute atomic E-state index is 12.7. The van der Waals surface area contributed by atoms with Crippen molar-refractivity contribution in [2.24, 2.45) is 0 Å². The van der Waals surface area contributed by atoms with Crippen LogP contribution in [0.4, 0.5) is 0 Å². The van der Waals surface area contributed by atoms with Gasteiger partial charge in [0.05, 0.1) is 24.9 Å². The number of aliphatic hydroxyl groups is 1. The number of Topliss-reactive ketones (excluding diaryl/α,β-unsaturated/α-hetero) is 1. The Morgan fingerprint density at radius 3 is 2.61 bits per heavy atom. The number of fused-ring (bicyclic) bond motifs is 1. The summed E-state index contributed by atoms with van der Waals surface area (Å²) in [7, 11) is 3.74. The lowest BCUT2D eigenvalue weighted by Gasteiger charge is -2.29. The van der Waals surface area contributed by atoms with Crippen molar-refractivity contribution < 1.29 is 19.4 Å². The van der Waals surface area contributed by atoms with Crippen LogP contribution in [-0.2, 0) is 6.42 Å². The van der Waals surface area contributed by atoms with Gasteiger partial charge in [-0.2, -0.15) is 0 Å². The number of carbonyl (C=O) groups excluding carboxylic acids is 1. The molecular weight excluding hydrogens is 471 g/mol. The number of likely N-dealkylation sites (tertiary alicyclic amines) is 1. The van der Waals surface area contributed by atoms with E-state index in [0.717, 1.165) is 48.5 Å². The van der Waals surface area contributed by atoms with Gasteiger partial charge in [0.1, 0.15) is 11.5 Å². The number of aliphatic hydroxyl groups excluding tert-OH is 1. The first-order valence-electron chi connectivity index (χ1n) is 13.2. The van der Waals surface area contributed by atoms with E-state index >= 15 is 0 Å². The third kappa shape index (κ3) is 7.39. The van der Waals surface area contributed by atoms with Gasteiger partial charge in [-0.1, -0.05) is 12.1 Å². The number of nitrogens with one attached hydrogen (secondary N) is 1. The monoisotopic (exact) mass is 510 g/mol. The normalized spacial score (nSPS) is 17.0. The Hall–Kier alpha value is -2.24. The van der Waals surface area contributed by atoms with Crippen molar-refractivity contribution in [1.29, 1.82) is 0 Å². The van der Waals surface area contributed by atoms with E-state index in [1.54, 1.807) is 0 Å². The second kappa shape index (κ2) is 12.8. The molecule has 4 rings (SSSR count). The summed E-state index contributed by atoms with van der Waals surface area (Å²) in [4.78, 5) is 15.1. The molecule has 0 spiro atoms. The summed E-state index contributed by atoms with van der Waals surface area (Å²) in [6, 6.07) is 13.3. The highest BCUT2D eigenvalue weighted by Gasteiger charge is 2.27. The van der Waals surface area contributed by atoms with Crippen LogP contribution in [0.5, 0.6) is 11.5 Å². The molecule has 2 aliphatic heterocycles. The topological polar surface area (TPSA) is 71.0 Å². The molecule has 194 valence electrons. The predicted octanol–water partition coefficient (Wildman–Crippen LogP) is 4.82. The number of carbonyl (C=O) groups is 1. The molecule has 2 aliphatic rings. The van der Waals surface area contributed by atoms with Crippen LogP contribution >= 0.6 is 8.86 Å². The molecule has 0 unspecified atom stereocenters. The van der Waals surface area contributed by atoms with Crippen molar-refractivity contribution in [2.75, 3.05) is 26.2 Å². The van der Waals surface area contributed by atoms with Gasteiger partial charge in [-0.3, -0.25) is 10.1 Å². The predicted molar refractivity (Wildman–Crippen MR) is 147 cm³/mol. The molecule has 1 saturated heterocycles. The standard InChI is InChI=1S/C29H39N2O4P/c1-20(2)35-24-12-10-21(11-13-24)26(32)6-5-7-28(36)30-25(19-31-15-3-4-16-31)29(33)23-9-8-22-14-17-34-27(22)18-23/h8-13,18,20,25,29-30,33,36H,3-7,14-17,19H2,1-2H3/t25-,29-/m1/s1. The third-order valence-electron chi connectivity index (χ3n) is 6.83. The molecule has 1 fully saturated rings. The van der Waals surface area contributed by atoms with Crippen molar-refractivity contribution in [3.8, 4) is 11.5 Å².